The number of aryl methyl sites for hydroxylation is 1. The van der Waals surface area contributed by atoms with Gasteiger partial charge in [-0.05, 0) is 68.0 Å². The summed E-state index contributed by atoms with van der Waals surface area (Å²) in [5.41, 5.74) is 7.26. The second-order valence-electron chi connectivity index (χ2n) is 11.6. The predicted octanol–water partition coefficient (Wildman–Crippen LogP) is 7.41. The van der Waals surface area contributed by atoms with Gasteiger partial charge in [0.15, 0.2) is 0 Å². The van der Waals surface area contributed by atoms with Gasteiger partial charge < -0.3 is 15.2 Å². The summed E-state index contributed by atoms with van der Waals surface area (Å²) >= 11 is 6.54. The van der Waals surface area contributed by atoms with Crippen LogP contribution in [0.15, 0.2) is 36.4 Å². The number of benzene rings is 2. The molecule has 2 aliphatic carbocycles. The van der Waals surface area contributed by atoms with Gasteiger partial charge in [-0.25, -0.2) is 4.98 Å². The molecule has 1 heterocycles. The predicted molar refractivity (Wildman–Crippen MR) is 158 cm³/mol. The number of anilines is 2. The second kappa shape index (κ2) is 12.7. The molecule has 3 aromatic rings. The third-order valence-corrected chi connectivity index (χ3v) is 8.82. The minimum atomic E-state index is -0.0933. The lowest BCUT2D eigenvalue weighted by Gasteiger charge is -2.33. The number of nitrogens with zero attached hydrogens (tertiary/aromatic N) is 2. The van der Waals surface area contributed by atoms with Crippen LogP contribution in [0.2, 0.25) is 5.02 Å². The SMILES string of the molecule is Cn1c(Nc2cc(CNOC3(C)CCCCC3)ccc2Cl)nc2cc(C(=O)NCCC3CCCCC3)ccc21. The van der Waals surface area contributed by atoms with Gasteiger partial charge in [0.1, 0.15) is 0 Å². The third kappa shape index (κ3) is 7.13. The summed E-state index contributed by atoms with van der Waals surface area (Å²) < 4.78 is 1.98. The Morgan fingerprint density at radius 1 is 1.08 bits per heavy atom. The molecule has 2 saturated carbocycles. The Labute approximate surface area is 237 Å². The second-order valence-corrected chi connectivity index (χ2v) is 12.0. The number of nitrogens with one attached hydrogen (secondary N) is 3. The fourth-order valence-electron chi connectivity index (χ4n) is 6.01. The molecule has 0 spiro atoms. The molecule has 1 amide bonds. The number of fused-ring (bicyclic) bond motifs is 1. The largest absolute Gasteiger partial charge is 0.352 e. The number of hydrogen-bond acceptors (Lipinski definition) is 5. The van der Waals surface area contributed by atoms with Gasteiger partial charge >= 0.3 is 0 Å². The van der Waals surface area contributed by atoms with Crippen LogP contribution < -0.4 is 16.1 Å². The first-order chi connectivity index (χ1) is 18.9. The standard InChI is InChI=1S/C31H42ClN5O2/c1-31(16-7-4-8-17-31)39-34-21-23-11-13-25(32)26(19-23)35-30-36-27-20-24(12-14-28(27)37(30)2)29(38)33-18-15-22-9-5-3-6-10-22/h11-14,19-20,22,34H,3-10,15-18,21H2,1-2H3,(H,33,38)(H,35,36). The van der Waals surface area contributed by atoms with Crippen LogP contribution in [0.1, 0.15) is 93.5 Å². The Kier molecular flexibility index (Phi) is 9.10. The number of aromatic nitrogens is 2. The monoisotopic (exact) mass is 551 g/mol. The lowest BCUT2D eigenvalue weighted by molar-refractivity contribution is -0.117. The van der Waals surface area contributed by atoms with Gasteiger partial charge in [-0.3, -0.25) is 9.63 Å². The van der Waals surface area contributed by atoms with E-state index < -0.39 is 0 Å². The average Bonchev–Trinajstić information content (AvgIpc) is 3.25. The molecule has 0 saturated heterocycles. The maximum Gasteiger partial charge on any atom is 0.251 e. The van der Waals surface area contributed by atoms with Crippen LogP contribution in [0.3, 0.4) is 0 Å². The molecular weight excluding hydrogens is 510 g/mol. The Morgan fingerprint density at radius 3 is 2.64 bits per heavy atom. The van der Waals surface area contributed by atoms with Gasteiger partial charge in [0.05, 0.1) is 27.3 Å². The van der Waals surface area contributed by atoms with Crippen molar-refractivity contribution in [1.29, 1.82) is 0 Å². The number of halogens is 1. The molecule has 7 nitrogen and oxygen atoms in total. The number of hydroxylamine groups is 1. The molecule has 0 radical (unpaired) electrons. The number of hydrogen-bond donors (Lipinski definition) is 3. The highest BCUT2D eigenvalue weighted by Crippen LogP contribution is 2.31. The van der Waals surface area contributed by atoms with Crippen LogP contribution >= 0.6 is 11.6 Å². The Bertz CT molecular complexity index is 1280. The van der Waals surface area contributed by atoms with Gasteiger partial charge in [0, 0.05) is 25.7 Å². The first-order valence-corrected chi connectivity index (χ1v) is 15.0. The first kappa shape index (κ1) is 27.9. The summed E-state index contributed by atoms with van der Waals surface area (Å²) in [5.74, 6) is 1.37. The molecule has 0 atom stereocenters. The number of imidazole rings is 1. The van der Waals surface area contributed by atoms with E-state index in [-0.39, 0.29) is 11.5 Å². The van der Waals surface area contributed by atoms with Crippen molar-refractivity contribution in [3.8, 4) is 0 Å². The van der Waals surface area contributed by atoms with Gasteiger partial charge in [-0.1, -0.05) is 69.0 Å². The summed E-state index contributed by atoms with van der Waals surface area (Å²) in [6, 6.07) is 11.6. The maximum absolute atomic E-state index is 12.8. The molecule has 2 aliphatic rings. The molecule has 0 bridgehead atoms. The Balaban J connectivity index is 1.21. The summed E-state index contributed by atoms with van der Waals surface area (Å²) in [6.45, 7) is 3.50. The molecule has 0 unspecified atom stereocenters. The normalized spacial score (nSPS) is 17.8. The van der Waals surface area contributed by atoms with E-state index in [1.54, 1.807) is 0 Å². The summed E-state index contributed by atoms with van der Waals surface area (Å²) in [5, 5.41) is 7.11. The zero-order valence-electron chi connectivity index (χ0n) is 23.3. The molecule has 2 fully saturated rings. The molecule has 210 valence electrons. The van der Waals surface area contributed by atoms with Crippen molar-refractivity contribution in [1.82, 2.24) is 20.3 Å². The van der Waals surface area contributed by atoms with Crippen LogP contribution in [-0.2, 0) is 18.4 Å². The highest BCUT2D eigenvalue weighted by molar-refractivity contribution is 6.33. The summed E-state index contributed by atoms with van der Waals surface area (Å²) in [6.07, 6.45) is 13.6. The highest BCUT2D eigenvalue weighted by Gasteiger charge is 2.28. The fraction of sp³-hybridized carbons (Fsp3) is 0.548. The fourth-order valence-corrected chi connectivity index (χ4v) is 6.18. The van der Waals surface area contributed by atoms with Crippen molar-refractivity contribution >= 4 is 40.2 Å². The molecule has 39 heavy (non-hydrogen) atoms. The van der Waals surface area contributed by atoms with E-state index >= 15 is 0 Å². The Morgan fingerprint density at radius 2 is 1.85 bits per heavy atom. The van der Waals surface area contributed by atoms with Crippen molar-refractivity contribution in [2.75, 3.05) is 11.9 Å². The van der Waals surface area contributed by atoms with Crippen LogP contribution in [0, 0.1) is 5.92 Å². The van der Waals surface area contributed by atoms with Crippen LogP contribution in [0.4, 0.5) is 11.6 Å². The number of carbonyl (C=O) groups excluding carboxylic acids is 1. The van der Waals surface area contributed by atoms with Crippen LogP contribution in [0.5, 0.6) is 0 Å². The molecular formula is C31H42ClN5O2. The zero-order valence-corrected chi connectivity index (χ0v) is 24.1. The van der Waals surface area contributed by atoms with E-state index in [1.165, 1.54) is 51.4 Å². The topological polar surface area (TPSA) is 80.2 Å². The maximum atomic E-state index is 12.8. The summed E-state index contributed by atoms with van der Waals surface area (Å²) in [7, 11) is 1.96. The Hall–Kier alpha value is -2.61. The molecule has 1 aromatic heterocycles. The molecule has 5 rings (SSSR count). The molecule has 8 heteroatoms. The van der Waals surface area contributed by atoms with E-state index in [0.29, 0.717) is 23.1 Å². The van der Waals surface area contributed by atoms with Crippen LogP contribution in [-0.4, -0.2) is 27.6 Å². The molecule has 2 aromatic carbocycles. The van der Waals surface area contributed by atoms with Gasteiger partial charge in [0.2, 0.25) is 5.95 Å². The van der Waals surface area contributed by atoms with Crippen molar-refractivity contribution in [3.63, 3.8) is 0 Å². The average molecular weight is 552 g/mol. The summed E-state index contributed by atoms with van der Waals surface area (Å²) in [4.78, 5) is 23.6. The minimum absolute atomic E-state index is 0.0413. The minimum Gasteiger partial charge on any atom is -0.352 e. The smallest absolute Gasteiger partial charge is 0.251 e. The third-order valence-electron chi connectivity index (χ3n) is 8.49. The van der Waals surface area contributed by atoms with E-state index in [0.717, 1.165) is 54.0 Å². The van der Waals surface area contributed by atoms with Crippen molar-refractivity contribution in [2.45, 2.75) is 89.7 Å². The van der Waals surface area contributed by atoms with Crippen LogP contribution in [0.25, 0.3) is 11.0 Å². The lowest BCUT2D eigenvalue weighted by Crippen LogP contribution is -2.36. The van der Waals surface area contributed by atoms with Crippen molar-refractivity contribution in [2.24, 2.45) is 13.0 Å². The van der Waals surface area contributed by atoms with E-state index in [9.17, 15) is 4.79 Å². The number of carbonyl (C=O) groups is 1. The highest BCUT2D eigenvalue weighted by atomic mass is 35.5. The van der Waals surface area contributed by atoms with E-state index in [4.69, 9.17) is 21.4 Å². The first-order valence-electron chi connectivity index (χ1n) is 14.6. The van der Waals surface area contributed by atoms with E-state index in [2.05, 4.69) is 23.0 Å². The van der Waals surface area contributed by atoms with Gasteiger partial charge in [-0.15, -0.1) is 0 Å². The number of rotatable bonds is 10. The quantitative estimate of drug-likeness (QED) is 0.228. The van der Waals surface area contributed by atoms with Gasteiger partial charge in [0.25, 0.3) is 5.91 Å². The van der Waals surface area contributed by atoms with E-state index in [1.807, 2.05) is 48.0 Å². The lowest BCUT2D eigenvalue weighted by atomic mass is 9.87. The van der Waals surface area contributed by atoms with Crippen molar-refractivity contribution < 1.29 is 9.63 Å². The zero-order chi connectivity index (χ0) is 27.2. The van der Waals surface area contributed by atoms with Crippen molar-refractivity contribution in [3.05, 3.63) is 52.5 Å². The molecule has 0 aliphatic heterocycles. The van der Waals surface area contributed by atoms with Gasteiger partial charge in [-0.2, -0.15) is 5.48 Å². The number of amides is 1. The molecule has 3 N–H and O–H groups in total.